The van der Waals surface area contributed by atoms with Gasteiger partial charge in [0.05, 0.1) is 0 Å². The van der Waals surface area contributed by atoms with Crippen LogP contribution >= 0.6 is 115 Å². The maximum absolute atomic E-state index is 14.0. The fraction of sp³-hybridized carbons (Fsp3) is 0.417. The van der Waals surface area contributed by atoms with E-state index in [1.165, 1.54) is 11.8 Å². The fourth-order valence-electron chi connectivity index (χ4n) is 1.35. The van der Waals surface area contributed by atoms with Crippen LogP contribution in [0.1, 0.15) is 12.8 Å². The predicted molar refractivity (Wildman–Crippen MR) is 115 cm³/mol. The van der Waals surface area contributed by atoms with Crippen molar-refractivity contribution in [2.45, 2.75) is 31.6 Å². The molecule has 0 aliphatic heterocycles. The van der Waals surface area contributed by atoms with Gasteiger partial charge in [-0.25, -0.2) is 0 Å². The minimum atomic E-state index is -3.03. The van der Waals surface area contributed by atoms with E-state index in [9.17, 15) is 13.9 Å². The molecule has 130 valence electrons. The van der Waals surface area contributed by atoms with Crippen molar-refractivity contribution in [1.29, 1.82) is 0 Å². The van der Waals surface area contributed by atoms with E-state index in [4.69, 9.17) is 0 Å². The first-order valence-corrected chi connectivity index (χ1v) is 12.3. The Morgan fingerprint density at radius 2 is 1.75 bits per heavy atom. The number of alkyl halides is 4. The Hall–Kier alpha value is 3.71. The molecule has 1 rings (SSSR count). The van der Waals surface area contributed by atoms with Gasteiger partial charge in [-0.15, -0.1) is 24.0 Å². The van der Waals surface area contributed by atoms with Crippen molar-refractivity contribution in [3.63, 3.8) is 0 Å². The van der Waals surface area contributed by atoms with Crippen LogP contribution in [-0.2, 0) is 0 Å². The number of halogens is 7. The second-order valence-electron chi connectivity index (χ2n) is 4.10. The molecule has 0 aromatic heterocycles. The number of benzene rings is 1. The minimum Gasteiger partial charge on any atom is -0.867 e. The Balaban J connectivity index is 0.00000529. The number of thioether (sulfide) groups is 2. The second-order valence-corrected chi connectivity index (χ2v) is 12.4. The third-order valence-corrected chi connectivity index (χ3v) is 9.75. The van der Waals surface area contributed by atoms with Crippen LogP contribution in [0.3, 0.4) is 0 Å². The van der Waals surface area contributed by atoms with Crippen molar-refractivity contribution < 1.29 is 65.3 Å². The average Bonchev–Trinajstić information content (AvgIpc) is 2.42. The summed E-state index contributed by atoms with van der Waals surface area (Å²) in [6.45, 7) is 0. The summed E-state index contributed by atoms with van der Waals surface area (Å²) >= 11 is 22.3. The summed E-state index contributed by atoms with van der Waals surface area (Å²) in [5.41, 5.74) is 0. The van der Waals surface area contributed by atoms with Crippen molar-refractivity contribution in [3.8, 4) is 0 Å². The van der Waals surface area contributed by atoms with Gasteiger partial charge in [-0.1, -0.05) is 36.9 Å². The smallest absolute Gasteiger partial charge is 0.867 e. The summed E-state index contributed by atoms with van der Waals surface area (Å²) in [5, 5.41) is 7.49. The van der Waals surface area contributed by atoms with Crippen LogP contribution in [0.4, 0.5) is 8.78 Å². The summed E-state index contributed by atoms with van der Waals surface area (Å²) in [6.07, 6.45) is 0.980. The van der Waals surface area contributed by atoms with E-state index in [-0.39, 0.29) is 56.4 Å². The minimum absolute atomic E-state index is 0. The van der Waals surface area contributed by atoms with E-state index < -0.39 is 8.99 Å². The van der Waals surface area contributed by atoms with E-state index in [1.807, 2.05) is 0 Å². The quantitative estimate of drug-likeness (QED) is 0.130. The van der Waals surface area contributed by atoms with Gasteiger partial charge in [-0.05, 0) is 84.2 Å². The van der Waals surface area contributed by atoms with Gasteiger partial charge < -0.3 is 5.11 Å². The number of hydrogen-bond acceptors (Lipinski definition) is 4. The predicted octanol–water partition coefficient (Wildman–Crippen LogP) is 4.34. The molecule has 1 nitrogen and oxygen atoms in total. The van der Waals surface area contributed by atoms with E-state index in [1.54, 1.807) is 6.07 Å². The van der Waals surface area contributed by atoms with Gasteiger partial charge in [-0.3, -0.25) is 0 Å². The molecule has 0 bridgehead atoms. The first-order valence-electron chi connectivity index (χ1n) is 5.91. The standard InChI is InChI=1S/C12H9Br5F2OS3.K/c13-5-4-6(14)10(23-12(18,19)11(16)17)8(15)9(5)22-3-1-2-7(20)21;/h4,11H,1-3H2,(H,20,21);/q;+1/p-1. The van der Waals surface area contributed by atoms with Crippen molar-refractivity contribution in [1.82, 2.24) is 0 Å². The Labute approximate surface area is 238 Å². The van der Waals surface area contributed by atoms with E-state index in [0.29, 0.717) is 44.2 Å². The number of hydrogen-bond donors (Lipinski definition) is 0. The maximum atomic E-state index is 14.0. The van der Waals surface area contributed by atoms with Gasteiger partial charge in [0.25, 0.3) is 0 Å². The molecule has 0 spiro atoms. The molecule has 0 unspecified atom stereocenters. The fourth-order valence-corrected chi connectivity index (χ4v) is 7.04. The van der Waals surface area contributed by atoms with Gasteiger partial charge in [0.15, 0.2) is 0 Å². The number of rotatable bonds is 8. The molecule has 0 aliphatic carbocycles. The summed E-state index contributed by atoms with van der Waals surface area (Å²) in [6, 6.07) is 1.74. The molecule has 0 atom stereocenters. The SMILES string of the molecule is [K+].[O-]C(=S)CCCSc1c(Br)cc(Br)c(SC(F)(F)C(Br)Br)c1Br. The second kappa shape index (κ2) is 13.1. The summed E-state index contributed by atoms with van der Waals surface area (Å²) < 4.78 is 28.7. The van der Waals surface area contributed by atoms with Crippen molar-refractivity contribution in [2.75, 3.05) is 5.75 Å². The third kappa shape index (κ3) is 9.02. The van der Waals surface area contributed by atoms with Gasteiger partial charge in [-0.2, -0.15) is 8.78 Å². The average molecular weight is 741 g/mol. The summed E-state index contributed by atoms with van der Waals surface area (Å²) in [4.78, 5) is 1.22. The first kappa shape index (κ1) is 27.7. The molecular weight excluding hydrogens is 733 g/mol. The van der Waals surface area contributed by atoms with E-state index in [0.717, 1.165) is 9.37 Å². The largest absolute Gasteiger partial charge is 1.00 e. The van der Waals surface area contributed by atoms with Crippen molar-refractivity contribution in [2.24, 2.45) is 0 Å². The van der Waals surface area contributed by atoms with Gasteiger partial charge >= 0.3 is 56.6 Å². The molecule has 0 saturated heterocycles. The normalized spacial score (nSPS) is 11.5. The number of thiocarbonyl (C=S) groups is 1. The zero-order valence-electron chi connectivity index (χ0n) is 12.1. The van der Waals surface area contributed by atoms with Crippen LogP contribution in [0.15, 0.2) is 29.3 Å². The molecule has 1 aromatic rings. The van der Waals surface area contributed by atoms with E-state index >= 15 is 0 Å². The molecule has 0 saturated carbocycles. The third-order valence-electron chi connectivity index (χ3n) is 2.35. The van der Waals surface area contributed by atoms with Gasteiger partial charge in [0.2, 0.25) is 0 Å². The molecule has 0 N–H and O–H groups in total. The Morgan fingerprint density at radius 3 is 2.25 bits per heavy atom. The zero-order chi connectivity index (χ0) is 17.8. The molecule has 24 heavy (non-hydrogen) atoms. The summed E-state index contributed by atoms with van der Waals surface area (Å²) in [7, 11) is 0. The molecule has 12 heteroatoms. The zero-order valence-corrected chi connectivity index (χ0v) is 25.6. The Morgan fingerprint density at radius 1 is 1.21 bits per heavy atom. The molecule has 0 fully saturated rings. The van der Waals surface area contributed by atoms with Crippen molar-refractivity contribution in [3.05, 3.63) is 19.5 Å². The topological polar surface area (TPSA) is 23.1 Å². The first-order chi connectivity index (χ1) is 10.6. The Kier molecular flexibility index (Phi) is 15.1. The molecule has 1 aromatic carbocycles. The van der Waals surface area contributed by atoms with Gasteiger partial charge in [0.1, 0.15) is 3.74 Å². The molecule has 0 amide bonds. The van der Waals surface area contributed by atoms with Crippen LogP contribution in [0.25, 0.3) is 0 Å². The van der Waals surface area contributed by atoms with E-state index in [2.05, 4.69) is 91.9 Å². The van der Waals surface area contributed by atoms with Crippen LogP contribution in [-0.4, -0.2) is 19.8 Å². The molecular formula is C12H8Br5F2KOS3. The summed E-state index contributed by atoms with van der Waals surface area (Å²) in [5.74, 6) is 0.668. The molecule has 0 heterocycles. The van der Waals surface area contributed by atoms with Crippen LogP contribution in [0.5, 0.6) is 0 Å². The van der Waals surface area contributed by atoms with Crippen LogP contribution in [0, 0.1) is 0 Å². The van der Waals surface area contributed by atoms with Crippen LogP contribution < -0.4 is 56.5 Å². The van der Waals surface area contributed by atoms with Gasteiger partial charge in [0, 0.05) is 23.2 Å². The molecule has 0 radical (unpaired) electrons. The maximum Gasteiger partial charge on any atom is 1.00 e. The monoisotopic (exact) mass is 736 g/mol. The van der Waals surface area contributed by atoms with Crippen LogP contribution in [0.2, 0.25) is 0 Å². The van der Waals surface area contributed by atoms with Crippen molar-refractivity contribution >= 4 is 120 Å². The Bertz CT molecular complexity index is 592. The molecule has 0 aliphatic rings.